The number of nitrogens with one attached hydrogen (secondary N) is 1. The van der Waals surface area contributed by atoms with Crippen LogP contribution in [0.3, 0.4) is 0 Å². The third-order valence-corrected chi connectivity index (χ3v) is 4.99. The molecule has 2 bridgehead atoms. The van der Waals surface area contributed by atoms with Crippen LogP contribution in [0, 0.1) is 0 Å². The molecule has 0 aliphatic carbocycles. The van der Waals surface area contributed by atoms with Crippen LogP contribution in [0.25, 0.3) is 0 Å². The Balaban J connectivity index is 1.59. The molecule has 3 atom stereocenters. The number of carbonyl (C=O) groups excluding carboxylic acids is 1. The molecule has 5 nitrogen and oxygen atoms in total. The van der Waals surface area contributed by atoms with E-state index in [1.807, 2.05) is 6.92 Å². The number of rotatable bonds is 3. The SMILES string of the molecule is CC(C(=O)NC1CC2CCC(C1)N2C)n1cc(Cl)cn1. The van der Waals surface area contributed by atoms with Gasteiger partial charge >= 0.3 is 0 Å². The molecule has 1 aromatic rings. The van der Waals surface area contributed by atoms with E-state index in [0.717, 1.165) is 12.8 Å². The van der Waals surface area contributed by atoms with E-state index >= 15 is 0 Å². The lowest BCUT2D eigenvalue weighted by Crippen LogP contribution is -2.49. The summed E-state index contributed by atoms with van der Waals surface area (Å²) in [5, 5.41) is 7.84. The fourth-order valence-corrected chi connectivity index (χ4v) is 3.64. The highest BCUT2D eigenvalue weighted by Crippen LogP contribution is 2.34. The molecule has 0 radical (unpaired) electrons. The van der Waals surface area contributed by atoms with Crippen molar-refractivity contribution in [3.63, 3.8) is 0 Å². The van der Waals surface area contributed by atoms with Gasteiger partial charge in [0.2, 0.25) is 5.91 Å². The molecule has 2 aliphatic rings. The number of hydrogen-bond acceptors (Lipinski definition) is 3. The summed E-state index contributed by atoms with van der Waals surface area (Å²) in [4.78, 5) is 14.8. The third kappa shape index (κ3) is 2.56. The van der Waals surface area contributed by atoms with Gasteiger partial charge < -0.3 is 10.2 Å². The summed E-state index contributed by atoms with van der Waals surface area (Å²) < 4.78 is 1.61. The molecule has 3 unspecified atom stereocenters. The zero-order valence-corrected chi connectivity index (χ0v) is 12.7. The molecule has 3 heterocycles. The van der Waals surface area contributed by atoms with Gasteiger partial charge in [-0.15, -0.1) is 0 Å². The van der Waals surface area contributed by atoms with Crippen molar-refractivity contribution in [2.45, 2.75) is 56.8 Å². The molecule has 0 spiro atoms. The Labute approximate surface area is 124 Å². The van der Waals surface area contributed by atoms with Crippen LogP contribution >= 0.6 is 11.6 Å². The van der Waals surface area contributed by atoms with Gasteiger partial charge in [-0.3, -0.25) is 9.48 Å². The summed E-state index contributed by atoms with van der Waals surface area (Å²) in [6.07, 6.45) is 7.89. The molecular formula is C14H21ClN4O. The molecule has 2 aliphatic heterocycles. The van der Waals surface area contributed by atoms with Crippen LogP contribution in [0.5, 0.6) is 0 Å². The first kappa shape index (κ1) is 13.9. The topological polar surface area (TPSA) is 50.2 Å². The summed E-state index contributed by atoms with van der Waals surface area (Å²) in [7, 11) is 2.20. The van der Waals surface area contributed by atoms with Gasteiger partial charge in [0.25, 0.3) is 0 Å². The number of aromatic nitrogens is 2. The molecule has 1 aromatic heterocycles. The molecule has 2 fully saturated rings. The summed E-state index contributed by atoms with van der Waals surface area (Å²) >= 11 is 5.84. The minimum Gasteiger partial charge on any atom is -0.351 e. The van der Waals surface area contributed by atoms with Gasteiger partial charge in [-0.2, -0.15) is 5.10 Å². The Hall–Kier alpha value is -1.07. The van der Waals surface area contributed by atoms with Crippen LogP contribution in [0.2, 0.25) is 5.02 Å². The van der Waals surface area contributed by atoms with E-state index < -0.39 is 0 Å². The second-order valence-corrected chi connectivity index (χ2v) is 6.48. The highest BCUT2D eigenvalue weighted by molar-refractivity contribution is 6.30. The Morgan fingerprint density at radius 1 is 1.45 bits per heavy atom. The minimum atomic E-state index is -0.320. The van der Waals surface area contributed by atoms with Crippen LogP contribution < -0.4 is 5.32 Å². The van der Waals surface area contributed by atoms with E-state index in [-0.39, 0.29) is 11.9 Å². The van der Waals surface area contributed by atoms with Crippen LogP contribution in [0.1, 0.15) is 38.6 Å². The molecule has 6 heteroatoms. The Bertz CT molecular complexity index is 489. The Morgan fingerprint density at radius 2 is 2.10 bits per heavy atom. The first-order valence-electron chi connectivity index (χ1n) is 7.26. The standard InChI is InChI=1S/C14H21ClN4O/c1-9(19-8-10(15)7-16-19)14(20)17-11-5-12-3-4-13(6-11)18(12)2/h7-9,11-13H,3-6H2,1-2H3,(H,17,20). The van der Waals surface area contributed by atoms with Crippen molar-refractivity contribution in [3.8, 4) is 0 Å². The summed E-state index contributed by atoms with van der Waals surface area (Å²) in [6.45, 7) is 1.85. The van der Waals surface area contributed by atoms with Crippen LogP contribution in [-0.2, 0) is 4.79 Å². The smallest absolute Gasteiger partial charge is 0.244 e. The average Bonchev–Trinajstić information content (AvgIpc) is 2.91. The van der Waals surface area contributed by atoms with Gasteiger partial charge in [0.05, 0.1) is 11.2 Å². The van der Waals surface area contributed by atoms with Crippen LogP contribution in [0.4, 0.5) is 0 Å². The number of nitrogens with zero attached hydrogens (tertiary/aromatic N) is 3. The molecule has 0 aromatic carbocycles. The maximum atomic E-state index is 12.3. The highest BCUT2D eigenvalue weighted by atomic mass is 35.5. The van der Waals surface area contributed by atoms with Gasteiger partial charge in [-0.05, 0) is 39.7 Å². The number of carbonyl (C=O) groups is 1. The number of piperidine rings is 1. The first-order valence-corrected chi connectivity index (χ1v) is 7.64. The Morgan fingerprint density at radius 3 is 2.65 bits per heavy atom. The van der Waals surface area contributed by atoms with Crippen molar-refractivity contribution in [1.29, 1.82) is 0 Å². The van der Waals surface area contributed by atoms with E-state index in [0.29, 0.717) is 23.1 Å². The summed E-state index contributed by atoms with van der Waals surface area (Å²) in [5.74, 6) is 0.0266. The van der Waals surface area contributed by atoms with Crippen molar-refractivity contribution in [2.75, 3.05) is 7.05 Å². The minimum absolute atomic E-state index is 0.0266. The second kappa shape index (κ2) is 5.37. The molecule has 110 valence electrons. The van der Waals surface area contributed by atoms with Crippen molar-refractivity contribution < 1.29 is 4.79 Å². The Kier molecular flexibility index (Phi) is 3.73. The fraction of sp³-hybridized carbons (Fsp3) is 0.714. The molecular weight excluding hydrogens is 276 g/mol. The normalized spacial score (nSPS) is 31.2. The maximum absolute atomic E-state index is 12.3. The van der Waals surface area contributed by atoms with Gasteiger partial charge in [0.1, 0.15) is 6.04 Å². The summed E-state index contributed by atoms with van der Waals surface area (Å²) in [5.41, 5.74) is 0. The predicted molar refractivity (Wildman–Crippen MR) is 77.7 cm³/mol. The number of hydrogen-bond donors (Lipinski definition) is 1. The van der Waals surface area contributed by atoms with Crippen LogP contribution in [-0.4, -0.2) is 45.8 Å². The first-order chi connectivity index (χ1) is 9.54. The molecule has 20 heavy (non-hydrogen) atoms. The third-order valence-electron chi connectivity index (χ3n) is 4.79. The van der Waals surface area contributed by atoms with Gasteiger partial charge in [0.15, 0.2) is 0 Å². The number of amides is 1. The monoisotopic (exact) mass is 296 g/mol. The fourth-order valence-electron chi connectivity index (χ4n) is 3.50. The summed E-state index contributed by atoms with van der Waals surface area (Å²) in [6, 6.07) is 1.24. The molecule has 3 rings (SSSR count). The second-order valence-electron chi connectivity index (χ2n) is 6.04. The van der Waals surface area contributed by atoms with Gasteiger partial charge in [0, 0.05) is 24.3 Å². The zero-order chi connectivity index (χ0) is 14.3. The molecule has 0 saturated carbocycles. The maximum Gasteiger partial charge on any atom is 0.244 e. The number of halogens is 1. The highest BCUT2D eigenvalue weighted by Gasteiger charge is 2.39. The van der Waals surface area contributed by atoms with E-state index in [2.05, 4.69) is 22.4 Å². The van der Waals surface area contributed by atoms with E-state index in [1.165, 1.54) is 12.8 Å². The van der Waals surface area contributed by atoms with Gasteiger partial charge in [-0.1, -0.05) is 11.6 Å². The lowest BCUT2D eigenvalue weighted by molar-refractivity contribution is -0.125. The van der Waals surface area contributed by atoms with Crippen molar-refractivity contribution in [1.82, 2.24) is 20.0 Å². The number of fused-ring (bicyclic) bond motifs is 2. The van der Waals surface area contributed by atoms with Crippen molar-refractivity contribution in [2.24, 2.45) is 0 Å². The lowest BCUT2D eigenvalue weighted by Gasteiger charge is -2.36. The van der Waals surface area contributed by atoms with Gasteiger partial charge in [-0.25, -0.2) is 0 Å². The van der Waals surface area contributed by atoms with Crippen LogP contribution in [0.15, 0.2) is 12.4 Å². The molecule has 2 saturated heterocycles. The zero-order valence-electron chi connectivity index (χ0n) is 11.9. The van der Waals surface area contributed by atoms with E-state index in [1.54, 1.807) is 17.1 Å². The quantitative estimate of drug-likeness (QED) is 0.926. The lowest BCUT2D eigenvalue weighted by atomic mass is 9.98. The largest absolute Gasteiger partial charge is 0.351 e. The van der Waals surface area contributed by atoms with E-state index in [4.69, 9.17) is 11.6 Å². The molecule has 1 N–H and O–H groups in total. The average molecular weight is 297 g/mol. The van der Waals surface area contributed by atoms with Crippen molar-refractivity contribution in [3.05, 3.63) is 17.4 Å². The molecule has 1 amide bonds. The van der Waals surface area contributed by atoms with E-state index in [9.17, 15) is 4.79 Å². The van der Waals surface area contributed by atoms with Crippen molar-refractivity contribution >= 4 is 17.5 Å². The predicted octanol–water partition coefficient (Wildman–Crippen LogP) is 1.84.